The topological polar surface area (TPSA) is 60.2 Å². The second-order valence-corrected chi connectivity index (χ2v) is 6.21. The van der Waals surface area contributed by atoms with Gasteiger partial charge in [0, 0.05) is 25.0 Å². The molecular formula is C18H24N4O2. The van der Waals surface area contributed by atoms with Crippen LogP contribution in [0.4, 0.5) is 0 Å². The first kappa shape index (κ1) is 16.5. The molecule has 6 heteroatoms. The van der Waals surface area contributed by atoms with Crippen LogP contribution in [0.1, 0.15) is 47.6 Å². The Morgan fingerprint density at radius 3 is 2.96 bits per heavy atom. The first-order valence-corrected chi connectivity index (χ1v) is 8.50. The van der Waals surface area contributed by atoms with Gasteiger partial charge in [-0.15, -0.1) is 0 Å². The van der Waals surface area contributed by atoms with Gasteiger partial charge in [-0.3, -0.25) is 9.48 Å². The number of hydrogen-bond acceptors (Lipinski definition) is 4. The molecule has 3 heterocycles. The minimum Gasteiger partial charge on any atom is -0.477 e. The molecule has 2 aromatic heterocycles. The van der Waals surface area contributed by atoms with E-state index in [4.69, 9.17) is 4.74 Å². The second-order valence-electron chi connectivity index (χ2n) is 6.21. The van der Waals surface area contributed by atoms with Gasteiger partial charge in [0.25, 0.3) is 5.91 Å². The first-order chi connectivity index (χ1) is 11.6. The maximum Gasteiger partial charge on any atom is 0.259 e. The molecule has 0 saturated carbocycles. The number of amides is 1. The molecule has 1 fully saturated rings. The molecule has 128 valence electrons. The molecule has 6 nitrogen and oxygen atoms in total. The summed E-state index contributed by atoms with van der Waals surface area (Å²) in [4.78, 5) is 19.0. The van der Waals surface area contributed by atoms with Crippen molar-refractivity contribution in [2.45, 2.75) is 39.7 Å². The molecule has 1 amide bonds. The van der Waals surface area contributed by atoms with Gasteiger partial charge in [-0.1, -0.05) is 0 Å². The monoisotopic (exact) mass is 328 g/mol. The van der Waals surface area contributed by atoms with Crippen LogP contribution in [0.5, 0.6) is 5.88 Å². The summed E-state index contributed by atoms with van der Waals surface area (Å²) in [5.41, 5.74) is 2.69. The molecule has 1 aliphatic heterocycles. The molecule has 0 bridgehead atoms. The van der Waals surface area contributed by atoms with Gasteiger partial charge in [0.05, 0.1) is 18.3 Å². The van der Waals surface area contributed by atoms with Crippen molar-refractivity contribution < 1.29 is 9.53 Å². The highest BCUT2D eigenvalue weighted by Gasteiger charge is 2.28. The van der Waals surface area contributed by atoms with Crippen LogP contribution in [0.3, 0.4) is 0 Å². The maximum atomic E-state index is 12.9. The molecule has 0 radical (unpaired) electrons. The van der Waals surface area contributed by atoms with Crippen molar-refractivity contribution in [3.63, 3.8) is 0 Å². The zero-order chi connectivity index (χ0) is 17.1. The smallest absolute Gasteiger partial charge is 0.259 e. The van der Waals surface area contributed by atoms with Gasteiger partial charge >= 0.3 is 0 Å². The van der Waals surface area contributed by atoms with E-state index in [1.807, 2.05) is 18.7 Å². The molecule has 1 saturated heterocycles. The van der Waals surface area contributed by atoms with Crippen LogP contribution in [0.15, 0.2) is 24.4 Å². The van der Waals surface area contributed by atoms with E-state index in [-0.39, 0.29) is 11.9 Å². The summed E-state index contributed by atoms with van der Waals surface area (Å²) >= 11 is 0. The molecule has 1 atom stereocenters. The van der Waals surface area contributed by atoms with Crippen molar-refractivity contribution in [3.05, 3.63) is 41.3 Å². The summed E-state index contributed by atoms with van der Waals surface area (Å²) in [5.74, 6) is 0.399. The third-order valence-corrected chi connectivity index (χ3v) is 4.36. The summed E-state index contributed by atoms with van der Waals surface area (Å²) in [5, 5.41) is 4.59. The molecule has 3 rings (SSSR count). The number of hydrogen-bond donors (Lipinski definition) is 0. The zero-order valence-electron chi connectivity index (χ0n) is 14.5. The molecule has 0 aromatic carbocycles. The summed E-state index contributed by atoms with van der Waals surface area (Å²) in [7, 11) is 0. The lowest BCUT2D eigenvalue weighted by atomic mass is 10.0. The van der Waals surface area contributed by atoms with Crippen LogP contribution in [0.2, 0.25) is 0 Å². The van der Waals surface area contributed by atoms with Crippen molar-refractivity contribution in [1.29, 1.82) is 0 Å². The van der Waals surface area contributed by atoms with Crippen LogP contribution >= 0.6 is 0 Å². The summed E-state index contributed by atoms with van der Waals surface area (Å²) in [6.45, 7) is 7.87. The Morgan fingerprint density at radius 2 is 2.25 bits per heavy atom. The number of carbonyl (C=O) groups is 1. The Balaban J connectivity index is 1.80. The van der Waals surface area contributed by atoms with Crippen LogP contribution in [0, 0.1) is 13.8 Å². The largest absolute Gasteiger partial charge is 0.477 e. The fraction of sp³-hybridized carbons (Fsp3) is 0.500. The van der Waals surface area contributed by atoms with E-state index in [0.29, 0.717) is 24.6 Å². The quantitative estimate of drug-likeness (QED) is 0.866. The lowest BCUT2D eigenvalue weighted by molar-refractivity contribution is 0.0666. The number of aromatic nitrogens is 3. The van der Waals surface area contributed by atoms with E-state index in [2.05, 4.69) is 27.8 Å². The molecule has 0 aliphatic carbocycles. The van der Waals surface area contributed by atoms with E-state index in [9.17, 15) is 4.79 Å². The van der Waals surface area contributed by atoms with E-state index in [1.54, 1.807) is 18.3 Å². The number of nitrogens with zero attached hydrogens (tertiary/aromatic N) is 4. The van der Waals surface area contributed by atoms with Gasteiger partial charge in [-0.25, -0.2) is 4.98 Å². The Bertz CT molecular complexity index is 726. The van der Waals surface area contributed by atoms with Gasteiger partial charge in [-0.05, 0) is 51.8 Å². The van der Waals surface area contributed by atoms with Crippen molar-refractivity contribution in [2.75, 3.05) is 19.7 Å². The summed E-state index contributed by atoms with van der Waals surface area (Å²) in [6, 6.07) is 5.86. The molecule has 0 N–H and O–H groups in total. The number of rotatable bonds is 4. The number of likely N-dealkylation sites (tertiary alicyclic amines) is 1. The fourth-order valence-electron chi connectivity index (χ4n) is 3.33. The highest BCUT2D eigenvalue weighted by molar-refractivity contribution is 5.96. The molecule has 24 heavy (non-hydrogen) atoms. The summed E-state index contributed by atoms with van der Waals surface area (Å²) in [6.07, 6.45) is 3.66. The SMILES string of the molecule is CCOc1ncccc1C(=O)N1CCC[C@H](n2nc(C)cc2C)C1. The number of aryl methyl sites for hydroxylation is 2. The Kier molecular flexibility index (Phi) is 4.83. The lowest BCUT2D eigenvalue weighted by Gasteiger charge is -2.33. The Morgan fingerprint density at radius 1 is 1.42 bits per heavy atom. The Hall–Kier alpha value is -2.37. The highest BCUT2D eigenvalue weighted by Crippen LogP contribution is 2.25. The van der Waals surface area contributed by atoms with Crippen LogP contribution in [-0.2, 0) is 0 Å². The third-order valence-electron chi connectivity index (χ3n) is 4.36. The van der Waals surface area contributed by atoms with E-state index < -0.39 is 0 Å². The molecule has 0 unspecified atom stereocenters. The van der Waals surface area contributed by atoms with Crippen molar-refractivity contribution in [2.24, 2.45) is 0 Å². The average Bonchev–Trinajstić information content (AvgIpc) is 2.93. The molecule has 0 spiro atoms. The van der Waals surface area contributed by atoms with E-state index in [0.717, 1.165) is 30.8 Å². The number of ether oxygens (including phenoxy) is 1. The predicted molar refractivity (Wildman–Crippen MR) is 91.3 cm³/mol. The predicted octanol–water partition coefficient (Wildman–Crippen LogP) is 2.77. The zero-order valence-corrected chi connectivity index (χ0v) is 14.5. The van der Waals surface area contributed by atoms with Crippen LogP contribution in [0.25, 0.3) is 0 Å². The molecule has 1 aliphatic rings. The number of piperidine rings is 1. The molecule has 2 aromatic rings. The van der Waals surface area contributed by atoms with Crippen molar-refractivity contribution >= 4 is 5.91 Å². The van der Waals surface area contributed by atoms with E-state index in [1.165, 1.54) is 0 Å². The van der Waals surface area contributed by atoms with Crippen molar-refractivity contribution in [3.8, 4) is 5.88 Å². The van der Waals surface area contributed by atoms with Gasteiger partial charge in [0.1, 0.15) is 5.56 Å². The standard InChI is InChI=1S/C18H24N4O2/c1-4-24-17-16(8-5-9-19-17)18(23)21-10-6-7-15(12-21)22-14(3)11-13(2)20-22/h5,8-9,11,15H,4,6-7,10,12H2,1-3H3/t15-/m0/s1. The first-order valence-electron chi connectivity index (χ1n) is 8.50. The van der Waals surface area contributed by atoms with Gasteiger partial charge < -0.3 is 9.64 Å². The summed E-state index contributed by atoms with van der Waals surface area (Å²) < 4.78 is 7.56. The van der Waals surface area contributed by atoms with Gasteiger partial charge in [0.2, 0.25) is 5.88 Å². The third kappa shape index (κ3) is 3.27. The minimum atomic E-state index is -0.0159. The normalized spacial score (nSPS) is 17.8. The maximum absolute atomic E-state index is 12.9. The van der Waals surface area contributed by atoms with E-state index >= 15 is 0 Å². The molecular weight excluding hydrogens is 304 g/mol. The van der Waals surface area contributed by atoms with Crippen LogP contribution in [-0.4, -0.2) is 45.3 Å². The van der Waals surface area contributed by atoms with Crippen molar-refractivity contribution in [1.82, 2.24) is 19.7 Å². The lowest BCUT2D eigenvalue weighted by Crippen LogP contribution is -2.41. The number of carbonyl (C=O) groups excluding carboxylic acids is 1. The van der Waals surface area contributed by atoms with Gasteiger partial charge in [0.15, 0.2) is 0 Å². The minimum absolute atomic E-state index is 0.0159. The van der Waals surface area contributed by atoms with Gasteiger partial charge in [-0.2, -0.15) is 5.10 Å². The fourth-order valence-corrected chi connectivity index (χ4v) is 3.33. The Labute approximate surface area is 142 Å². The highest BCUT2D eigenvalue weighted by atomic mass is 16.5. The number of pyridine rings is 1. The van der Waals surface area contributed by atoms with Crippen LogP contribution < -0.4 is 4.74 Å². The second kappa shape index (κ2) is 7.03. The average molecular weight is 328 g/mol.